The number of rotatable bonds is 8. The number of hydrogen-bond donors (Lipinski definition) is 2. The number of phenolic OH excluding ortho intramolecular Hbond substituents is 1. The summed E-state index contributed by atoms with van der Waals surface area (Å²) in [5.74, 6) is 1.08. The van der Waals surface area contributed by atoms with Crippen molar-refractivity contribution in [3.05, 3.63) is 23.3 Å². The van der Waals surface area contributed by atoms with Gasteiger partial charge in [-0.1, -0.05) is 46.1 Å². The molecule has 0 heterocycles. The van der Waals surface area contributed by atoms with Crippen LogP contribution in [-0.2, 0) is 16.5 Å². The molecule has 126 valence electrons. The van der Waals surface area contributed by atoms with E-state index in [1.54, 1.807) is 6.92 Å². The first-order chi connectivity index (χ1) is 10.1. The number of phenols is 1. The van der Waals surface area contributed by atoms with E-state index in [-0.39, 0.29) is 10.6 Å². The first-order valence-electron chi connectivity index (χ1n) is 7.91. The summed E-state index contributed by atoms with van der Waals surface area (Å²) >= 11 is 0. The molecule has 0 fully saturated rings. The predicted octanol–water partition coefficient (Wildman–Crippen LogP) is 4.34. The molecule has 4 nitrogen and oxygen atoms in total. The van der Waals surface area contributed by atoms with Gasteiger partial charge in [-0.3, -0.25) is 4.55 Å². The molecule has 1 unspecified atom stereocenters. The molecule has 0 aromatic heterocycles. The Balaban J connectivity index is 2.80. The first kappa shape index (κ1) is 19.0. The van der Waals surface area contributed by atoms with Gasteiger partial charge in [-0.25, -0.2) is 0 Å². The highest BCUT2D eigenvalue weighted by molar-refractivity contribution is 7.86. The molecule has 1 aromatic carbocycles. The zero-order valence-corrected chi connectivity index (χ0v) is 14.8. The standard InChI is InChI=1S/C17H28O4S/c1-12(2)6-5-7-13(3)8-10-15-16(18)11-9-14(4)17(15)22(19,20)21/h9,11-13,18H,5-8,10H2,1-4H3,(H,19,20,21). The second-order valence-corrected chi connectivity index (χ2v) is 8.01. The van der Waals surface area contributed by atoms with Gasteiger partial charge >= 0.3 is 0 Å². The number of benzene rings is 1. The van der Waals surface area contributed by atoms with Crippen LogP contribution in [-0.4, -0.2) is 18.1 Å². The Morgan fingerprint density at radius 1 is 1.09 bits per heavy atom. The predicted molar refractivity (Wildman–Crippen MR) is 88.8 cm³/mol. The molecule has 1 rings (SSSR count). The van der Waals surface area contributed by atoms with Gasteiger partial charge in [0.2, 0.25) is 0 Å². The van der Waals surface area contributed by atoms with E-state index in [2.05, 4.69) is 20.8 Å². The highest BCUT2D eigenvalue weighted by atomic mass is 32.2. The molecule has 0 spiro atoms. The van der Waals surface area contributed by atoms with Crippen LogP contribution in [0.15, 0.2) is 17.0 Å². The molecule has 0 saturated carbocycles. The van der Waals surface area contributed by atoms with E-state index >= 15 is 0 Å². The molecule has 1 atom stereocenters. The maximum absolute atomic E-state index is 11.6. The maximum atomic E-state index is 11.6. The molecular weight excluding hydrogens is 300 g/mol. The van der Waals surface area contributed by atoms with Crippen molar-refractivity contribution in [2.24, 2.45) is 11.8 Å². The highest BCUT2D eigenvalue weighted by Gasteiger charge is 2.21. The van der Waals surface area contributed by atoms with Crippen LogP contribution in [0.2, 0.25) is 0 Å². The van der Waals surface area contributed by atoms with Crippen molar-refractivity contribution in [3.63, 3.8) is 0 Å². The van der Waals surface area contributed by atoms with E-state index in [0.717, 1.165) is 19.3 Å². The first-order valence-corrected chi connectivity index (χ1v) is 9.35. The molecule has 22 heavy (non-hydrogen) atoms. The molecule has 0 aliphatic rings. The third kappa shape index (κ3) is 5.61. The van der Waals surface area contributed by atoms with E-state index in [1.807, 2.05) is 0 Å². The molecular formula is C17H28O4S. The average molecular weight is 328 g/mol. The quantitative estimate of drug-likeness (QED) is 0.696. The van der Waals surface area contributed by atoms with Crippen molar-refractivity contribution in [2.45, 2.75) is 64.7 Å². The SMILES string of the molecule is Cc1ccc(O)c(CCC(C)CCCC(C)C)c1S(=O)(=O)O. The Hall–Kier alpha value is -1.07. The van der Waals surface area contributed by atoms with Crippen molar-refractivity contribution < 1.29 is 18.1 Å². The lowest BCUT2D eigenvalue weighted by Crippen LogP contribution is -2.08. The second-order valence-electron chi connectivity index (χ2n) is 6.65. The van der Waals surface area contributed by atoms with E-state index in [0.29, 0.717) is 29.4 Å². The fraction of sp³-hybridized carbons (Fsp3) is 0.647. The number of hydrogen-bond acceptors (Lipinski definition) is 3. The Kier molecular flexibility index (Phi) is 6.88. The Labute approximate surface area is 134 Å². The summed E-state index contributed by atoms with van der Waals surface area (Å²) in [7, 11) is -4.32. The van der Waals surface area contributed by atoms with Gasteiger partial charge in [-0.2, -0.15) is 8.42 Å². The molecule has 2 N–H and O–H groups in total. The molecule has 0 bridgehead atoms. The van der Waals surface area contributed by atoms with Crippen LogP contribution in [0.1, 0.15) is 57.6 Å². The van der Waals surface area contributed by atoms with Crippen LogP contribution in [0.5, 0.6) is 5.75 Å². The Bertz CT molecular complexity index is 591. The summed E-state index contributed by atoms with van der Waals surface area (Å²) in [6, 6.07) is 3.00. The zero-order chi connectivity index (χ0) is 16.9. The van der Waals surface area contributed by atoms with Gasteiger partial charge in [0, 0.05) is 5.56 Å². The van der Waals surface area contributed by atoms with Crippen LogP contribution in [0, 0.1) is 18.8 Å². The van der Waals surface area contributed by atoms with Crippen LogP contribution in [0.3, 0.4) is 0 Å². The number of aryl methyl sites for hydroxylation is 1. The Morgan fingerprint density at radius 2 is 1.73 bits per heavy atom. The zero-order valence-electron chi connectivity index (χ0n) is 14.0. The van der Waals surface area contributed by atoms with E-state index in [1.165, 1.54) is 18.6 Å². The Morgan fingerprint density at radius 3 is 2.27 bits per heavy atom. The normalized spacial score (nSPS) is 13.5. The van der Waals surface area contributed by atoms with Crippen molar-refractivity contribution in [1.29, 1.82) is 0 Å². The average Bonchev–Trinajstić information content (AvgIpc) is 2.37. The molecule has 0 aliphatic carbocycles. The lowest BCUT2D eigenvalue weighted by Gasteiger charge is -2.15. The minimum atomic E-state index is -4.32. The topological polar surface area (TPSA) is 74.6 Å². The minimum Gasteiger partial charge on any atom is -0.508 e. The van der Waals surface area contributed by atoms with Gasteiger partial charge in [0.15, 0.2) is 0 Å². The molecule has 0 amide bonds. The summed E-state index contributed by atoms with van der Waals surface area (Å²) in [6.07, 6.45) is 4.68. The summed E-state index contributed by atoms with van der Waals surface area (Å²) in [5, 5.41) is 9.97. The lowest BCUT2D eigenvalue weighted by atomic mass is 9.93. The summed E-state index contributed by atoms with van der Waals surface area (Å²) in [5.41, 5.74) is 0.793. The molecule has 5 heteroatoms. The lowest BCUT2D eigenvalue weighted by molar-refractivity contribution is 0.424. The van der Waals surface area contributed by atoms with Crippen LogP contribution in [0.25, 0.3) is 0 Å². The molecule has 0 aliphatic heterocycles. The summed E-state index contributed by atoms with van der Waals surface area (Å²) in [6.45, 7) is 8.17. The fourth-order valence-corrected chi connectivity index (χ4v) is 3.74. The van der Waals surface area contributed by atoms with Gasteiger partial charge in [0.05, 0.1) is 0 Å². The van der Waals surface area contributed by atoms with Gasteiger partial charge in [-0.05, 0) is 43.2 Å². The van der Waals surface area contributed by atoms with Crippen LogP contribution in [0.4, 0.5) is 0 Å². The van der Waals surface area contributed by atoms with Crippen molar-refractivity contribution >= 4 is 10.1 Å². The van der Waals surface area contributed by atoms with Crippen molar-refractivity contribution in [1.82, 2.24) is 0 Å². The van der Waals surface area contributed by atoms with Crippen molar-refractivity contribution in [3.8, 4) is 5.75 Å². The molecule has 1 aromatic rings. The largest absolute Gasteiger partial charge is 0.508 e. The van der Waals surface area contributed by atoms with Gasteiger partial charge in [-0.15, -0.1) is 0 Å². The van der Waals surface area contributed by atoms with Crippen molar-refractivity contribution in [2.75, 3.05) is 0 Å². The fourth-order valence-electron chi connectivity index (χ4n) is 2.74. The van der Waals surface area contributed by atoms with E-state index in [9.17, 15) is 18.1 Å². The van der Waals surface area contributed by atoms with E-state index < -0.39 is 10.1 Å². The third-order valence-corrected chi connectivity index (χ3v) is 5.14. The van der Waals surface area contributed by atoms with Gasteiger partial charge in [0.25, 0.3) is 10.1 Å². The smallest absolute Gasteiger partial charge is 0.295 e. The highest BCUT2D eigenvalue weighted by Crippen LogP contribution is 2.30. The molecule has 0 radical (unpaired) electrons. The summed E-state index contributed by atoms with van der Waals surface area (Å²) in [4.78, 5) is -0.137. The monoisotopic (exact) mass is 328 g/mol. The maximum Gasteiger partial charge on any atom is 0.295 e. The van der Waals surface area contributed by atoms with E-state index in [4.69, 9.17) is 0 Å². The molecule has 0 saturated heterocycles. The van der Waals surface area contributed by atoms with Gasteiger partial charge in [0.1, 0.15) is 10.6 Å². The second kappa shape index (κ2) is 7.97. The van der Waals surface area contributed by atoms with Crippen LogP contribution < -0.4 is 0 Å². The summed E-state index contributed by atoms with van der Waals surface area (Å²) < 4.78 is 32.5. The van der Waals surface area contributed by atoms with Gasteiger partial charge < -0.3 is 5.11 Å². The number of aromatic hydroxyl groups is 1. The third-order valence-electron chi connectivity index (χ3n) is 4.06. The minimum absolute atomic E-state index is 0.0624. The van der Waals surface area contributed by atoms with Crippen LogP contribution >= 0.6 is 0 Å².